The highest BCUT2D eigenvalue weighted by molar-refractivity contribution is 5.84. The Kier molecular flexibility index (Phi) is 5.76. The topological polar surface area (TPSA) is 107 Å². The Balaban J connectivity index is 4.30. The molecule has 0 aromatic carbocycles. The molecule has 0 aliphatic heterocycles. The molecule has 0 aliphatic carbocycles. The van der Waals surface area contributed by atoms with Crippen LogP contribution < -0.4 is 0 Å². The molecule has 0 aliphatic rings. The van der Waals surface area contributed by atoms with E-state index in [0.717, 1.165) is 7.11 Å². The lowest BCUT2D eigenvalue weighted by Gasteiger charge is -2.22. The van der Waals surface area contributed by atoms with Gasteiger partial charge in [0.05, 0.1) is 6.61 Å². The van der Waals surface area contributed by atoms with Crippen LogP contribution in [0.25, 0.3) is 0 Å². The summed E-state index contributed by atoms with van der Waals surface area (Å²) in [7, 11) is 1.16. The summed E-state index contributed by atoms with van der Waals surface area (Å²) in [6.45, 7) is -1.46. The predicted octanol–water partition coefficient (Wildman–Crippen LogP) is -2.72. The van der Waals surface area contributed by atoms with Gasteiger partial charge >= 0.3 is 0 Å². The number of hydrogen-bond donors (Lipinski definition) is 4. The zero-order valence-electron chi connectivity index (χ0n) is 7.25. The van der Waals surface area contributed by atoms with Gasteiger partial charge in [-0.2, -0.15) is 0 Å². The molecule has 13 heavy (non-hydrogen) atoms. The van der Waals surface area contributed by atoms with Crippen molar-refractivity contribution in [2.45, 2.75) is 18.3 Å². The summed E-state index contributed by atoms with van der Waals surface area (Å²) in [5.74, 6) is -0.748. The molecule has 0 fully saturated rings. The molecule has 0 aromatic rings. The van der Waals surface area contributed by atoms with Gasteiger partial charge in [0.2, 0.25) is 0 Å². The summed E-state index contributed by atoms with van der Waals surface area (Å²) in [5.41, 5.74) is 0. The van der Waals surface area contributed by atoms with Crippen molar-refractivity contribution in [3.8, 4) is 0 Å². The number of methoxy groups -OCH3 is 1. The quantitative estimate of drug-likeness (QED) is 0.367. The van der Waals surface area contributed by atoms with Crippen LogP contribution in [0.3, 0.4) is 0 Å². The number of aliphatic hydroxyl groups is 4. The zero-order chi connectivity index (χ0) is 10.4. The third-order valence-corrected chi connectivity index (χ3v) is 1.62. The van der Waals surface area contributed by atoms with Crippen molar-refractivity contribution in [3.05, 3.63) is 0 Å². The smallest absolute Gasteiger partial charge is 0.189 e. The number of hydrogen-bond acceptors (Lipinski definition) is 6. The second-order valence-electron chi connectivity index (χ2n) is 2.52. The lowest BCUT2D eigenvalue weighted by atomic mass is 10.1. The number of carbonyl (C=O) groups is 1. The van der Waals surface area contributed by atoms with Gasteiger partial charge in [-0.3, -0.25) is 4.79 Å². The molecular formula is C7H14O6. The maximum atomic E-state index is 10.9. The summed E-state index contributed by atoms with van der Waals surface area (Å²) in [6, 6.07) is 0. The lowest BCUT2D eigenvalue weighted by Crippen LogP contribution is -2.45. The van der Waals surface area contributed by atoms with Crippen LogP contribution in [0.1, 0.15) is 0 Å². The third kappa shape index (κ3) is 3.37. The van der Waals surface area contributed by atoms with Crippen LogP contribution in [0.2, 0.25) is 0 Å². The standard InChI is InChI=1S/C7H14O6/c1-13-7(5(11)3-9)6(12)4(10)2-8/h4,6-10,12H,2-3H2,1H3/t4-,6-,7-/m1/s1/i1+2. The van der Waals surface area contributed by atoms with Gasteiger partial charge in [0.25, 0.3) is 0 Å². The second kappa shape index (κ2) is 6.01. The Bertz CT molecular complexity index is 159. The minimum absolute atomic E-state index is 0.681. The molecule has 78 valence electrons. The van der Waals surface area contributed by atoms with Crippen LogP contribution in [-0.4, -0.2) is 64.8 Å². The fourth-order valence-corrected chi connectivity index (χ4v) is 0.861. The van der Waals surface area contributed by atoms with Gasteiger partial charge in [-0.15, -0.1) is 0 Å². The van der Waals surface area contributed by atoms with Gasteiger partial charge in [-0.25, -0.2) is 0 Å². The van der Waals surface area contributed by atoms with E-state index in [0.29, 0.717) is 0 Å². The van der Waals surface area contributed by atoms with Crippen molar-refractivity contribution in [1.82, 2.24) is 0 Å². The Morgan fingerprint density at radius 3 is 2.23 bits per heavy atom. The number of Topliss-reactive ketones (excluding diaryl/α,β-unsaturated/α-hetero) is 1. The molecular weight excluding hydrogens is 182 g/mol. The van der Waals surface area contributed by atoms with Crippen LogP contribution in [0.5, 0.6) is 0 Å². The molecule has 0 saturated heterocycles. The number of ketones is 1. The number of aliphatic hydroxyl groups excluding tert-OH is 4. The number of rotatable bonds is 6. The van der Waals surface area contributed by atoms with Crippen molar-refractivity contribution in [3.63, 3.8) is 0 Å². The SMILES string of the molecule is [14CH3]O[C@H](C(=O)CO)[C@H](O)[C@H](O)CO. The molecule has 3 atom stereocenters. The highest BCUT2D eigenvalue weighted by Crippen LogP contribution is 2.04. The lowest BCUT2D eigenvalue weighted by molar-refractivity contribution is -0.146. The summed E-state index contributed by atoms with van der Waals surface area (Å²) in [5, 5.41) is 35.1. The molecule has 4 N–H and O–H groups in total. The van der Waals surface area contributed by atoms with E-state index in [1.165, 1.54) is 0 Å². The third-order valence-electron chi connectivity index (χ3n) is 1.62. The maximum Gasteiger partial charge on any atom is 0.189 e. The molecule has 0 spiro atoms. The molecule has 0 heterocycles. The van der Waals surface area contributed by atoms with E-state index in [1.807, 2.05) is 0 Å². The number of carbonyl (C=O) groups excluding carboxylic acids is 1. The van der Waals surface area contributed by atoms with Crippen LogP contribution in [0.15, 0.2) is 0 Å². The predicted molar refractivity (Wildman–Crippen MR) is 42.0 cm³/mol. The van der Waals surface area contributed by atoms with Crippen molar-refractivity contribution < 1.29 is 30.0 Å². The molecule has 6 nitrogen and oxygen atoms in total. The van der Waals surface area contributed by atoms with Gasteiger partial charge < -0.3 is 25.2 Å². The Morgan fingerprint density at radius 2 is 1.92 bits per heavy atom. The Hall–Kier alpha value is -0.530. The Morgan fingerprint density at radius 1 is 1.38 bits per heavy atom. The van der Waals surface area contributed by atoms with E-state index in [4.69, 9.17) is 15.3 Å². The van der Waals surface area contributed by atoms with E-state index in [1.54, 1.807) is 0 Å². The van der Waals surface area contributed by atoms with Gasteiger partial charge in [-0.1, -0.05) is 0 Å². The van der Waals surface area contributed by atoms with Crippen LogP contribution in [-0.2, 0) is 9.53 Å². The molecule has 0 rings (SSSR count). The molecule has 0 bridgehead atoms. The summed E-state index contributed by atoms with van der Waals surface area (Å²) in [6.07, 6.45) is -4.30. The van der Waals surface area contributed by atoms with Crippen LogP contribution in [0, 0.1) is 0 Å². The largest absolute Gasteiger partial charge is 0.394 e. The monoisotopic (exact) mass is 196 g/mol. The zero-order valence-corrected chi connectivity index (χ0v) is 7.25. The fraction of sp³-hybridized carbons (Fsp3) is 0.857. The highest BCUT2D eigenvalue weighted by atomic mass is 16.6. The molecule has 0 unspecified atom stereocenters. The summed E-state index contributed by atoms with van der Waals surface area (Å²) >= 11 is 0. The van der Waals surface area contributed by atoms with Crippen molar-refractivity contribution >= 4 is 5.78 Å². The normalized spacial score (nSPS) is 17.9. The van der Waals surface area contributed by atoms with E-state index in [9.17, 15) is 9.90 Å². The molecule has 0 aromatic heterocycles. The first-order chi connectivity index (χ1) is 6.08. The Labute approximate surface area is 75.4 Å². The average molecular weight is 196 g/mol. The maximum absolute atomic E-state index is 10.9. The first-order valence-electron chi connectivity index (χ1n) is 3.71. The minimum atomic E-state index is -1.53. The van der Waals surface area contributed by atoms with E-state index < -0.39 is 37.3 Å². The van der Waals surface area contributed by atoms with Crippen LogP contribution in [0.4, 0.5) is 0 Å². The second-order valence-corrected chi connectivity index (χ2v) is 2.52. The summed E-state index contributed by atoms with van der Waals surface area (Å²) < 4.78 is 4.56. The fourth-order valence-electron chi connectivity index (χ4n) is 0.861. The average Bonchev–Trinajstić information content (AvgIpc) is 2.17. The molecule has 0 saturated carbocycles. The van der Waals surface area contributed by atoms with Gasteiger partial charge in [0, 0.05) is 7.11 Å². The van der Waals surface area contributed by atoms with E-state index in [-0.39, 0.29) is 0 Å². The first-order valence-corrected chi connectivity index (χ1v) is 3.71. The number of ether oxygens (including phenoxy) is 1. The van der Waals surface area contributed by atoms with E-state index in [2.05, 4.69) is 4.74 Å². The summed E-state index contributed by atoms with van der Waals surface area (Å²) in [4.78, 5) is 10.9. The highest BCUT2D eigenvalue weighted by Gasteiger charge is 2.30. The minimum Gasteiger partial charge on any atom is -0.394 e. The van der Waals surface area contributed by atoms with Crippen molar-refractivity contribution in [1.29, 1.82) is 0 Å². The van der Waals surface area contributed by atoms with E-state index >= 15 is 0 Å². The van der Waals surface area contributed by atoms with Gasteiger partial charge in [-0.05, 0) is 0 Å². The van der Waals surface area contributed by atoms with Gasteiger partial charge in [0.1, 0.15) is 24.9 Å². The molecule has 0 amide bonds. The molecule has 0 radical (unpaired) electrons. The first kappa shape index (κ1) is 12.5. The van der Waals surface area contributed by atoms with Crippen LogP contribution >= 0.6 is 0 Å². The van der Waals surface area contributed by atoms with Gasteiger partial charge in [0.15, 0.2) is 5.78 Å². The van der Waals surface area contributed by atoms with Crippen molar-refractivity contribution in [2.24, 2.45) is 0 Å². The van der Waals surface area contributed by atoms with Crippen molar-refractivity contribution in [2.75, 3.05) is 20.3 Å². The molecule has 6 heteroatoms.